The third kappa shape index (κ3) is 7.17. The van der Waals surface area contributed by atoms with Crippen molar-refractivity contribution in [3.8, 4) is 0 Å². The van der Waals surface area contributed by atoms with Crippen LogP contribution in [-0.2, 0) is 29.2 Å². The molecule has 16 heteroatoms. The maximum absolute atomic E-state index is 13.4. The highest BCUT2D eigenvalue weighted by Gasteiger charge is 2.34. The van der Waals surface area contributed by atoms with Crippen molar-refractivity contribution in [2.45, 2.75) is 70.1 Å². The van der Waals surface area contributed by atoms with E-state index in [0.29, 0.717) is 30.0 Å². The number of nitrogens with one attached hydrogen (secondary N) is 2. The highest BCUT2D eigenvalue weighted by molar-refractivity contribution is 6.04. The number of aryl methyl sites for hydroxylation is 2. The van der Waals surface area contributed by atoms with E-state index in [2.05, 4.69) is 25.4 Å². The number of carbonyl (C=O) groups excluding carboxylic acids is 3. The standard InChI is InChI=1S/C40H44F3N9O4/c1-3-25-20-30-26(21-29(25)45-37(54)28-6-4-9-34(44-28)40(41,42)43)23-51(47-30)27-12-10-24(11-13-27)22-49-16-18-50(19-17-49)31-7-5-8-32-36(31)48(2)39(56)52(32)33-14-15-35(53)46-38(33)55/h4-9,20-21,23-24,27,33H,3,10-19,22H2,1-2H3,(H,45,54)(H,46,53,55)/t24-,27-,33?. The first kappa shape index (κ1) is 37.4. The molecule has 0 spiro atoms. The summed E-state index contributed by atoms with van der Waals surface area (Å²) >= 11 is 0. The van der Waals surface area contributed by atoms with Crippen molar-refractivity contribution in [2.75, 3.05) is 42.9 Å². The molecule has 3 aromatic heterocycles. The van der Waals surface area contributed by atoms with E-state index in [1.54, 1.807) is 11.6 Å². The van der Waals surface area contributed by atoms with Crippen LogP contribution in [0.1, 0.15) is 79.3 Å². The summed E-state index contributed by atoms with van der Waals surface area (Å²) in [5.74, 6) is -0.898. The summed E-state index contributed by atoms with van der Waals surface area (Å²) in [6, 6.07) is 12.4. The maximum Gasteiger partial charge on any atom is 0.433 e. The first-order valence-corrected chi connectivity index (χ1v) is 19.3. The van der Waals surface area contributed by atoms with Crippen molar-refractivity contribution >= 4 is 51.0 Å². The molecule has 3 amide bonds. The van der Waals surface area contributed by atoms with E-state index >= 15 is 0 Å². The number of imidazole rings is 1. The second kappa shape index (κ2) is 14.9. The minimum absolute atomic E-state index is 0.198. The molecule has 3 fully saturated rings. The summed E-state index contributed by atoms with van der Waals surface area (Å²) < 4.78 is 44.7. The van der Waals surface area contributed by atoms with E-state index < -0.39 is 29.7 Å². The van der Waals surface area contributed by atoms with Gasteiger partial charge < -0.3 is 10.2 Å². The Morgan fingerprint density at radius 2 is 1.71 bits per heavy atom. The second-order valence-electron chi connectivity index (χ2n) is 15.2. The molecule has 1 saturated carbocycles. The van der Waals surface area contributed by atoms with Gasteiger partial charge in [0, 0.05) is 63.5 Å². The van der Waals surface area contributed by atoms with Gasteiger partial charge >= 0.3 is 11.9 Å². The number of pyridine rings is 1. The Morgan fingerprint density at radius 1 is 0.964 bits per heavy atom. The molecule has 2 N–H and O–H groups in total. The third-order valence-corrected chi connectivity index (χ3v) is 11.7. The van der Waals surface area contributed by atoms with E-state index in [9.17, 15) is 32.3 Å². The molecule has 56 heavy (non-hydrogen) atoms. The molecule has 2 aromatic carbocycles. The highest BCUT2D eigenvalue weighted by atomic mass is 19.4. The molecule has 1 atom stereocenters. The number of para-hydroxylation sites is 1. The fourth-order valence-electron chi connectivity index (χ4n) is 8.67. The first-order chi connectivity index (χ1) is 26.9. The lowest BCUT2D eigenvalue weighted by atomic mass is 9.85. The number of alkyl halides is 3. The zero-order valence-electron chi connectivity index (χ0n) is 31.3. The Morgan fingerprint density at radius 3 is 2.43 bits per heavy atom. The van der Waals surface area contributed by atoms with E-state index in [1.165, 1.54) is 16.7 Å². The molecule has 294 valence electrons. The predicted octanol–water partition coefficient (Wildman–Crippen LogP) is 5.45. The Kier molecular flexibility index (Phi) is 9.93. The van der Waals surface area contributed by atoms with Crippen molar-refractivity contribution in [1.82, 2.24) is 34.1 Å². The molecule has 2 aliphatic heterocycles. The maximum atomic E-state index is 13.4. The Labute approximate surface area is 320 Å². The lowest BCUT2D eigenvalue weighted by Gasteiger charge is -2.39. The number of carbonyl (C=O) groups is 3. The predicted molar refractivity (Wildman–Crippen MR) is 205 cm³/mol. The number of fused-ring (bicyclic) bond motifs is 2. The number of aromatic nitrogens is 5. The van der Waals surface area contributed by atoms with Crippen LogP contribution in [0.2, 0.25) is 0 Å². The van der Waals surface area contributed by atoms with Crippen molar-refractivity contribution in [3.63, 3.8) is 0 Å². The molecular weight excluding hydrogens is 727 g/mol. The van der Waals surface area contributed by atoms with Crippen LogP contribution in [0, 0.1) is 5.92 Å². The van der Waals surface area contributed by atoms with Crippen LogP contribution in [0.3, 0.4) is 0 Å². The minimum Gasteiger partial charge on any atom is -0.367 e. The van der Waals surface area contributed by atoms with Gasteiger partial charge in [0.1, 0.15) is 17.4 Å². The largest absolute Gasteiger partial charge is 0.433 e. The third-order valence-electron chi connectivity index (χ3n) is 11.7. The fraction of sp³-hybridized carbons (Fsp3) is 0.450. The molecule has 3 aliphatic rings. The van der Waals surface area contributed by atoms with Crippen LogP contribution in [0.5, 0.6) is 0 Å². The summed E-state index contributed by atoms with van der Waals surface area (Å²) in [4.78, 5) is 59.2. The SMILES string of the molecule is CCc1cc2nn([C@H]3CC[C@H](CN4CCN(c5cccc6c5n(C)c(=O)n6C5CCC(=O)NC5=O)CC4)CC3)cc2cc1NC(=O)c1cccc(C(F)(F)F)n1. The lowest BCUT2D eigenvalue weighted by molar-refractivity contribution is -0.141. The van der Waals surface area contributed by atoms with Gasteiger partial charge in [-0.05, 0) is 86.4 Å². The summed E-state index contributed by atoms with van der Waals surface area (Å²) in [6.07, 6.45) is 2.56. The quantitative estimate of drug-likeness (QED) is 0.199. The van der Waals surface area contributed by atoms with Gasteiger partial charge in [-0.25, -0.2) is 9.78 Å². The number of benzene rings is 2. The zero-order chi connectivity index (χ0) is 39.3. The van der Waals surface area contributed by atoms with Crippen molar-refractivity contribution < 1.29 is 27.6 Å². The summed E-state index contributed by atoms with van der Waals surface area (Å²) in [5, 5.41) is 10.9. The number of hydrogen-bond acceptors (Lipinski definition) is 8. The number of piperazine rings is 1. The van der Waals surface area contributed by atoms with Crippen LogP contribution in [0.4, 0.5) is 24.5 Å². The van der Waals surface area contributed by atoms with E-state index in [4.69, 9.17) is 5.10 Å². The van der Waals surface area contributed by atoms with Crippen LogP contribution in [0.15, 0.2) is 59.5 Å². The number of amides is 3. The summed E-state index contributed by atoms with van der Waals surface area (Å²) in [5.41, 5.74) is 2.93. The van der Waals surface area contributed by atoms with Gasteiger partial charge in [-0.15, -0.1) is 0 Å². The van der Waals surface area contributed by atoms with E-state index in [-0.39, 0.29) is 29.8 Å². The number of nitrogens with zero attached hydrogens (tertiary/aromatic N) is 7. The van der Waals surface area contributed by atoms with Gasteiger partial charge in [-0.1, -0.05) is 19.1 Å². The molecule has 5 aromatic rings. The van der Waals surface area contributed by atoms with Gasteiger partial charge in [0.05, 0.1) is 28.3 Å². The molecule has 1 aliphatic carbocycles. The van der Waals surface area contributed by atoms with Crippen LogP contribution >= 0.6 is 0 Å². The van der Waals surface area contributed by atoms with Crippen LogP contribution < -0.4 is 21.2 Å². The molecule has 13 nitrogen and oxygen atoms in total. The molecule has 0 radical (unpaired) electrons. The van der Waals surface area contributed by atoms with Crippen molar-refractivity contribution in [3.05, 3.63) is 82.2 Å². The molecule has 2 saturated heterocycles. The minimum atomic E-state index is -4.65. The number of piperidine rings is 1. The Hall–Kier alpha value is -5.51. The summed E-state index contributed by atoms with van der Waals surface area (Å²) in [6.45, 7) is 6.37. The topological polar surface area (TPSA) is 139 Å². The highest BCUT2D eigenvalue weighted by Crippen LogP contribution is 2.35. The Bertz CT molecular complexity index is 2380. The van der Waals surface area contributed by atoms with Gasteiger partial charge in [0.25, 0.3) is 5.91 Å². The van der Waals surface area contributed by atoms with Crippen molar-refractivity contribution in [2.24, 2.45) is 13.0 Å². The number of rotatable bonds is 8. The van der Waals surface area contributed by atoms with Crippen LogP contribution in [-0.4, -0.2) is 79.2 Å². The second-order valence-corrected chi connectivity index (χ2v) is 15.2. The number of hydrogen-bond donors (Lipinski definition) is 2. The molecular formula is C40H44F3N9O4. The van der Waals surface area contributed by atoms with Gasteiger partial charge in [-0.2, -0.15) is 18.3 Å². The van der Waals surface area contributed by atoms with E-state index in [0.717, 1.165) is 92.1 Å². The zero-order valence-corrected chi connectivity index (χ0v) is 31.3. The average molecular weight is 772 g/mol. The molecule has 5 heterocycles. The van der Waals surface area contributed by atoms with E-state index in [1.807, 2.05) is 48.1 Å². The van der Waals surface area contributed by atoms with Crippen LogP contribution in [0.25, 0.3) is 21.9 Å². The monoisotopic (exact) mass is 771 g/mol. The number of anilines is 2. The average Bonchev–Trinajstić information content (AvgIpc) is 3.72. The number of imide groups is 1. The van der Waals surface area contributed by atoms with Crippen molar-refractivity contribution in [1.29, 1.82) is 0 Å². The van der Waals surface area contributed by atoms with Gasteiger partial charge in [0.2, 0.25) is 11.8 Å². The molecule has 8 rings (SSSR count). The normalized spacial score (nSPS) is 21.2. The fourth-order valence-corrected chi connectivity index (χ4v) is 8.67. The van der Waals surface area contributed by atoms with Gasteiger partial charge in [0.15, 0.2) is 0 Å². The first-order valence-electron chi connectivity index (χ1n) is 19.3. The molecule has 1 unspecified atom stereocenters. The molecule has 0 bridgehead atoms. The summed E-state index contributed by atoms with van der Waals surface area (Å²) in [7, 11) is 1.74. The Balaban J connectivity index is 0.877. The lowest BCUT2D eigenvalue weighted by Crippen LogP contribution is -2.48. The smallest absolute Gasteiger partial charge is 0.367 e. The number of halogens is 3. The van der Waals surface area contributed by atoms with Gasteiger partial charge in [-0.3, -0.25) is 38.4 Å².